The molecule has 35 heavy (non-hydrogen) atoms. The number of hydrogen-bond acceptors (Lipinski definition) is 7. The summed E-state index contributed by atoms with van der Waals surface area (Å²) in [6.45, 7) is 1.17. The summed E-state index contributed by atoms with van der Waals surface area (Å²) < 4.78 is 43.9. The highest BCUT2D eigenvalue weighted by Crippen LogP contribution is 2.30. The topological polar surface area (TPSA) is 138 Å². The second-order valence-electron chi connectivity index (χ2n) is 7.80. The standard InChI is InChI=1S/C23H22F3N7O2/c24-23(25,26)14-2-1-3-16(10-14)33-22(34)32-15-6-4-13(5-7-15)19(27)18-20(28)29-12-30-21(18)31-17-8-9-35-11-17/h1-7,10,12,17,27H,8-9,11H2,(H2,32,33,34)(H3,28,29,30,31). The number of carbonyl (C=O) groups excluding carboxylic acids is 1. The van der Waals surface area contributed by atoms with Gasteiger partial charge in [0.2, 0.25) is 0 Å². The van der Waals surface area contributed by atoms with Gasteiger partial charge in [0, 0.05) is 23.5 Å². The van der Waals surface area contributed by atoms with Crippen LogP contribution in [0, 0.1) is 5.41 Å². The van der Waals surface area contributed by atoms with Gasteiger partial charge in [-0.15, -0.1) is 0 Å². The van der Waals surface area contributed by atoms with Crippen molar-refractivity contribution < 1.29 is 22.7 Å². The van der Waals surface area contributed by atoms with Gasteiger partial charge in [0.05, 0.1) is 29.5 Å². The number of halogens is 3. The highest BCUT2D eigenvalue weighted by atomic mass is 19.4. The fourth-order valence-corrected chi connectivity index (χ4v) is 3.53. The summed E-state index contributed by atoms with van der Waals surface area (Å²) in [6, 6.07) is 10.0. The monoisotopic (exact) mass is 485 g/mol. The molecule has 9 nitrogen and oxygen atoms in total. The predicted octanol–water partition coefficient (Wildman–Crippen LogP) is 4.34. The highest BCUT2D eigenvalue weighted by Gasteiger charge is 2.30. The van der Waals surface area contributed by atoms with Crippen molar-refractivity contribution in [1.29, 1.82) is 5.41 Å². The van der Waals surface area contributed by atoms with Crippen LogP contribution in [0.3, 0.4) is 0 Å². The van der Waals surface area contributed by atoms with Crippen LogP contribution >= 0.6 is 0 Å². The lowest BCUT2D eigenvalue weighted by molar-refractivity contribution is -0.137. The summed E-state index contributed by atoms with van der Waals surface area (Å²) in [5, 5.41) is 16.8. The smallest absolute Gasteiger partial charge is 0.383 e. The van der Waals surface area contributed by atoms with E-state index in [2.05, 4.69) is 25.9 Å². The summed E-state index contributed by atoms with van der Waals surface area (Å²) in [5.41, 5.74) is 6.50. The number of anilines is 4. The van der Waals surface area contributed by atoms with Gasteiger partial charge in [0.15, 0.2) is 0 Å². The first-order valence-corrected chi connectivity index (χ1v) is 10.6. The summed E-state index contributed by atoms with van der Waals surface area (Å²) in [7, 11) is 0. The average molecular weight is 485 g/mol. The Balaban J connectivity index is 1.44. The Hall–Kier alpha value is -4.19. The lowest BCUT2D eigenvalue weighted by atomic mass is 10.0. The Labute approximate surface area is 198 Å². The Kier molecular flexibility index (Phi) is 6.82. The van der Waals surface area contributed by atoms with Crippen molar-refractivity contribution in [2.45, 2.75) is 18.6 Å². The minimum atomic E-state index is -4.51. The van der Waals surface area contributed by atoms with Crippen molar-refractivity contribution >= 4 is 34.8 Å². The maximum Gasteiger partial charge on any atom is 0.416 e. The van der Waals surface area contributed by atoms with E-state index in [-0.39, 0.29) is 23.3 Å². The van der Waals surface area contributed by atoms with Crippen LogP contribution in [0.1, 0.15) is 23.1 Å². The molecular weight excluding hydrogens is 463 g/mol. The first kappa shape index (κ1) is 24.0. The number of nitrogens with zero attached hydrogens (tertiary/aromatic N) is 2. The van der Waals surface area contributed by atoms with Gasteiger partial charge in [-0.3, -0.25) is 5.41 Å². The molecule has 0 saturated carbocycles. The molecule has 1 unspecified atom stereocenters. The van der Waals surface area contributed by atoms with Crippen molar-refractivity contribution in [2.24, 2.45) is 0 Å². The fraction of sp³-hybridized carbons (Fsp3) is 0.217. The van der Waals surface area contributed by atoms with E-state index < -0.39 is 17.8 Å². The molecule has 1 aromatic heterocycles. The van der Waals surface area contributed by atoms with E-state index in [1.165, 1.54) is 18.5 Å². The van der Waals surface area contributed by atoms with Gasteiger partial charge in [-0.2, -0.15) is 13.2 Å². The zero-order valence-electron chi connectivity index (χ0n) is 18.3. The number of ether oxygens (including phenoxy) is 1. The first-order valence-electron chi connectivity index (χ1n) is 10.6. The molecule has 2 amide bonds. The molecule has 12 heteroatoms. The van der Waals surface area contributed by atoms with Crippen LogP contribution in [0.4, 0.5) is 41.0 Å². The van der Waals surface area contributed by atoms with E-state index in [1.807, 2.05) is 0 Å². The Morgan fingerprint density at radius 2 is 1.83 bits per heavy atom. The lowest BCUT2D eigenvalue weighted by Crippen LogP contribution is -2.23. The number of benzene rings is 2. The largest absolute Gasteiger partial charge is 0.416 e. The fourth-order valence-electron chi connectivity index (χ4n) is 3.53. The van der Waals surface area contributed by atoms with Gasteiger partial charge >= 0.3 is 12.2 Å². The number of nitrogens with one attached hydrogen (secondary N) is 4. The molecule has 0 bridgehead atoms. The molecule has 0 spiro atoms. The van der Waals surface area contributed by atoms with Gasteiger partial charge in [-0.25, -0.2) is 14.8 Å². The Bertz CT molecular complexity index is 1230. The quantitative estimate of drug-likeness (QED) is 0.329. The number of hydrogen-bond donors (Lipinski definition) is 5. The maximum atomic E-state index is 12.9. The van der Waals surface area contributed by atoms with Crippen LogP contribution in [0.2, 0.25) is 0 Å². The van der Waals surface area contributed by atoms with Gasteiger partial charge in [-0.05, 0) is 36.8 Å². The van der Waals surface area contributed by atoms with Gasteiger partial charge < -0.3 is 26.4 Å². The summed E-state index contributed by atoms with van der Waals surface area (Å²) in [5.74, 6) is 0.578. The molecule has 3 aromatic rings. The second-order valence-corrected chi connectivity index (χ2v) is 7.80. The maximum absolute atomic E-state index is 12.9. The highest BCUT2D eigenvalue weighted by molar-refractivity contribution is 6.16. The molecule has 2 heterocycles. The van der Waals surface area contributed by atoms with Crippen molar-refractivity contribution in [2.75, 3.05) is 34.9 Å². The number of aromatic nitrogens is 2. The van der Waals surface area contributed by atoms with Crippen molar-refractivity contribution in [3.8, 4) is 0 Å². The first-order chi connectivity index (χ1) is 16.7. The third-order valence-electron chi connectivity index (χ3n) is 5.28. The minimum Gasteiger partial charge on any atom is -0.383 e. The number of nitrogen functional groups attached to an aromatic ring is 1. The van der Waals surface area contributed by atoms with Crippen molar-refractivity contribution in [3.05, 3.63) is 71.5 Å². The molecule has 4 rings (SSSR count). The van der Waals surface area contributed by atoms with Crippen LogP contribution < -0.4 is 21.7 Å². The number of alkyl halides is 3. The Morgan fingerprint density at radius 1 is 1.09 bits per heavy atom. The minimum absolute atomic E-state index is 0.00275. The Morgan fingerprint density at radius 3 is 2.51 bits per heavy atom. The molecule has 1 atom stereocenters. The molecule has 2 aromatic carbocycles. The summed E-state index contributed by atoms with van der Waals surface area (Å²) in [6.07, 6.45) is -2.39. The number of urea groups is 1. The predicted molar refractivity (Wildman–Crippen MR) is 126 cm³/mol. The van der Waals surface area contributed by atoms with E-state index >= 15 is 0 Å². The number of rotatable bonds is 6. The van der Waals surface area contributed by atoms with Crippen LogP contribution in [-0.2, 0) is 10.9 Å². The zero-order valence-corrected chi connectivity index (χ0v) is 18.3. The molecule has 1 saturated heterocycles. The number of carbonyl (C=O) groups is 1. The van der Waals surface area contributed by atoms with Gasteiger partial charge in [-0.1, -0.05) is 18.2 Å². The van der Waals surface area contributed by atoms with E-state index in [4.69, 9.17) is 15.9 Å². The molecule has 0 radical (unpaired) electrons. The molecule has 1 aliphatic heterocycles. The zero-order chi connectivity index (χ0) is 25.0. The number of nitrogens with two attached hydrogens (primary N) is 1. The van der Waals surface area contributed by atoms with Crippen LogP contribution in [0.25, 0.3) is 0 Å². The molecule has 6 N–H and O–H groups in total. The average Bonchev–Trinajstić information content (AvgIpc) is 3.32. The van der Waals surface area contributed by atoms with Crippen LogP contribution in [0.5, 0.6) is 0 Å². The second kappa shape index (κ2) is 9.97. The van der Waals surface area contributed by atoms with Crippen molar-refractivity contribution in [3.63, 3.8) is 0 Å². The van der Waals surface area contributed by atoms with Crippen LogP contribution in [0.15, 0.2) is 54.9 Å². The van der Waals surface area contributed by atoms with E-state index in [1.54, 1.807) is 24.3 Å². The van der Waals surface area contributed by atoms with Crippen molar-refractivity contribution in [1.82, 2.24) is 9.97 Å². The van der Waals surface area contributed by atoms with E-state index in [0.29, 0.717) is 35.8 Å². The van der Waals surface area contributed by atoms with Gasteiger partial charge in [0.1, 0.15) is 18.0 Å². The van der Waals surface area contributed by atoms with E-state index in [0.717, 1.165) is 18.6 Å². The lowest BCUT2D eigenvalue weighted by Gasteiger charge is -2.17. The molecule has 1 aliphatic rings. The summed E-state index contributed by atoms with van der Waals surface area (Å²) in [4.78, 5) is 20.5. The summed E-state index contributed by atoms with van der Waals surface area (Å²) >= 11 is 0. The molecular formula is C23H22F3N7O2. The molecule has 182 valence electrons. The third kappa shape index (κ3) is 5.84. The van der Waals surface area contributed by atoms with E-state index in [9.17, 15) is 18.0 Å². The normalized spacial score (nSPS) is 15.5. The SMILES string of the molecule is N=C(c1ccc(NC(=O)Nc2cccc(C(F)(F)F)c2)cc1)c1c(N)ncnc1NC1CCOC1. The van der Waals surface area contributed by atoms with Gasteiger partial charge in [0.25, 0.3) is 0 Å². The molecule has 0 aliphatic carbocycles. The van der Waals surface area contributed by atoms with Crippen LogP contribution in [-0.4, -0.2) is 41.0 Å². The molecule has 1 fully saturated rings. The third-order valence-corrected chi connectivity index (χ3v) is 5.28. The number of amides is 2.